The van der Waals surface area contributed by atoms with Gasteiger partial charge in [-0.25, -0.2) is 9.67 Å². The van der Waals surface area contributed by atoms with E-state index in [9.17, 15) is 0 Å². The van der Waals surface area contributed by atoms with Gasteiger partial charge in [0.1, 0.15) is 0 Å². The van der Waals surface area contributed by atoms with Crippen molar-refractivity contribution in [3.8, 4) is 5.82 Å². The molecule has 2 aromatic heterocycles. The SMILES string of the molecule is OCc1ccn(-c2ncccc2Cl)n1. The quantitative estimate of drug-likeness (QED) is 0.814. The highest BCUT2D eigenvalue weighted by molar-refractivity contribution is 6.32. The smallest absolute Gasteiger partial charge is 0.172 e. The van der Waals surface area contributed by atoms with Crippen LogP contribution in [0, 0.1) is 0 Å². The molecule has 0 fully saturated rings. The van der Waals surface area contributed by atoms with Crippen molar-refractivity contribution in [1.82, 2.24) is 14.8 Å². The Morgan fingerprint density at radius 1 is 1.43 bits per heavy atom. The zero-order valence-electron chi connectivity index (χ0n) is 7.26. The van der Waals surface area contributed by atoms with Crippen LogP contribution in [0.3, 0.4) is 0 Å². The summed E-state index contributed by atoms with van der Waals surface area (Å²) < 4.78 is 1.54. The van der Waals surface area contributed by atoms with Gasteiger partial charge < -0.3 is 5.11 Å². The van der Waals surface area contributed by atoms with E-state index in [2.05, 4.69) is 10.1 Å². The molecule has 2 heterocycles. The third-order valence-electron chi connectivity index (χ3n) is 1.76. The van der Waals surface area contributed by atoms with E-state index in [-0.39, 0.29) is 6.61 Å². The lowest BCUT2D eigenvalue weighted by Gasteiger charge is -2.01. The van der Waals surface area contributed by atoms with Crippen molar-refractivity contribution in [3.63, 3.8) is 0 Å². The molecule has 1 N–H and O–H groups in total. The summed E-state index contributed by atoms with van der Waals surface area (Å²) in [5, 5.41) is 13.4. The highest BCUT2D eigenvalue weighted by atomic mass is 35.5. The van der Waals surface area contributed by atoms with E-state index in [1.165, 1.54) is 4.68 Å². The molecule has 0 aliphatic carbocycles. The van der Waals surface area contributed by atoms with Gasteiger partial charge >= 0.3 is 0 Å². The molecule has 0 aliphatic rings. The molecule has 0 spiro atoms. The molecule has 2 rings (SSSR count). The highest BCUT2D eigenvalue weighted by Crippen LogP contribution is 2.16. The standard InChI is InChI=1S/C9H8ClN3O/c10-8-2-1-4-11-9(8)13-5-3-7(6-14)12-13/h1-5,14H,6H2. The van der Waals surface area contributed by atoms with Crippen LogP contribution < -0.4 is 0 Å². The molecule has 14 heavy (non-hydrogen) atoms. The zero-order chi connectivity index (χ0) is 9.97. The van der Waals surface area contributed by atoms with Crippen LogP contribution in [0.1, 0.15) is 5.69 Å². The molecule has 0 radical (unpaired) electrons. The molecule has 4 nitrogen and oxygen atoms in total. The Balaban J connectivity index is 2.44. The van der Waals surface area contributed by atoms with Crippen molar-refractivity contribution in [2.45, 2.75) is 6.61 Å². The summed E-state index contributed by atoms with van der Waals surface area (Å²) in [7, 11) is 0. The Morgan fingerprint density at radius 2 is 2.29 bits per heavy atom. The van der Waals surface area contributed by atoms with Crippen LogP contribution in [-0.2, 0) is 6.61 Å². The topological polar surface area (TPSA) is 50.9 Å². The van der Waals surface area contributed by atoms with Crippen molar-refractivity contribution < 1.29 is 5.11 Å². The maximum absolute atomic E-state index is 8.84. The summed E-state index contributed by atoms with van der Waals surface area (Å²) in [6.45, 7) is -0.0859. The van der Waals surface area contributed by atoms with Gasteiger partial charge in [-0.2, -0.15) is 5.10 Å². The predicted octanol–water partition coefficient (Wildman–Crippen LogP) is 1.41. The highest BCUT2D eigenvalue weighted by Gasteiger charge is 2.04. The molecule has 72 valence electrons. The van der Waals surface area contributed by atoms with Gasteiger partial charge in [-0.05, 0) is 18.2 Å². The molecule has 0 amide bonds. The molecule has 0 aliphatic heterocycles. The maximum Gasteiger partial charge on any atom is 0.172 e. The third kappa shape index (κ3) is 1.62. The van der Waals surface area contributed by atoms with E-state index >= 15 is 0 Å². The first-order valence-electron chi connectivity index (χ1n) is 4.07. The first-order chi connectivity index (χ1) is 6.81. The van der Waals surface area contributed by atoms with Gasteiger partial charge in [0.05, 0.1) is 17.3 Å². The van der Waals surface area contributed by atoms with Crippen LogP contribution in [0.15, 0.2) is 30.6 Å². The van der Waals surface area contributed by atoms with E-state index in [0.717, 1.165) is 0 Å². The minimum atomic E-state index is -0.0859. The Morgan fingerprint density at radius 3 is 2.93 bits per heavy atom. The molecular formula is C9H8ClN3O. The van der Waals surface area contributed by atoms with E-state index in [1.54, 1.807) is 30.6 Å². The number of hydrogen-bond donors (Lipinski definition) is 1. The second kappa shape index (κ2) is 3.77. The fourth-order valence-electron chi connectivity index (χ4n) is 1.11. The van der Waals surface area contributed by atoms with Gasteiger partial charge in [0, 0.05) is 12.4 Å². The fraction of sp³-hybridized carbons (Fsp3) is 0.111. The zero-order valence-corrected chi connectivity index (χ0v) is 8.02. The number of aliphatic hydroxyl groups is 1. The molecule has 0 bridgehead atoms. The van der Waals surface area contributed by atoms with E-state index in [0.29, 0.717) is 16.5 Å². The van der Waals surface area contributed by atoms with Crippen LogP contribution in [0.25, 0.3) is 5.82 Å². The summed E-state index contributed by atoms with van der Waals surface area (Å²) in [6, 6.07) is 5.21. The maximum atomic E-state index is 8.84. The van der Waals surface area contributed by atoms with Crippen LogP contribution in [-0.4, -0.2) is 19.9 Å². The van der Waals surface area contributed by atoms with Crippen molar-refractivity contribution >= 4 is 11.6 Å². The number of nitrogens with zero attached hydrogens (tertiary/aromatic N) is 3. The number of aromatic nitrogens is 3. The van der Waals surface area contributed by atoms with Crippen LogP contribution >= 0.6 is 11.6 Å². The third-order valence-corrected chi connectivity index (χ3v) is 2.06. The van der Waals surface area contributed by atoms with Crippen LogP contribution in [0.2, 0.25) is 5.02 Å². The second-order valence-electron chi connectivity index (χ2n) is 2.72. The number of pyridine rings is 1. The number of rotatable bonds is 2. The van der Waals surface area contributed by atoms with E-state index < -0.39 is 0 Å². The van der Waals surface area contributed by atoms with Gasteiger partial charge in [0.15, 0.2) is 5.82 Å². The molecular weight excluding hydrogens is 202 g/mol. The predicted molar refractivity (Wildman–Crippen MR) is 52.3 cm³/mol. The van der Waals surface area contributed by atoms with Gasteiger partial charge in [0.2, 0.25) is 0 Å². The lowest BCUT2D eigenvalue weighted by molar-refractivity contribution is 0.276. The van der Waals surface area contributed by atoms with Crippen molar-refractivity contribution in [2.75, 3.05) is 0 Å². The monoisotopic (exact) mass is 209 g/mol. The Kier molecular flexibility index (Phi) is 2.47. The lowest BCUT2D eigenvalue weighted by Crippen LogP contribution is -1.99. The lowest BCUT2D eigenvalue weighted by atomic mass is 10.4. The number of aliphatic hydroxyl groups excluding tert-OH is 1. The Hall–Kier alpha value is -1.39. The summed E-state index contributed by atoms with van der Waals surface area (Å²) in [6.07, 6.45) is 3.35. The summed E-state index contributed by atoms with van der Waals surface area (Å²) in [4.78, 5) is 4.08. The average Bonchev–Trinajstić information content (AvgIpc) is 2.67. The van der Waals surface area contributed by atoms with E-state index in [4.69, 9.17) is 16.7 Å². The van der Waals surface area contributed by atoms with Crippen molar-refractivity contribution in [2.24, 2.45) is 0 Å². The molecule has 0 aromatic carbocycles. The largest absolute Gasteiger partial charge is 0.390 e. The van der Waals surface area contributed by atoms with Crippen LogP contribution in [0.4, 0.5) is 0 Å². The molecule has 0 unspecified atom stereocenters. The minimum Gasteiger partial charge on any atom is -0.390 e. The van der Waals surface area contributed by atoms with E-state index in [1.807, 2.05) is 0 Å². The number of halogens is 1. The Labute approximate surface area is 85.8 Å². The average molecular weight is 210 g/mol. The fourth-order valence-corrected chi connectivity index (χ4v) is 1.32. The van der Waals surface area contributed by atoms with Crippen molar-refractivity contribution in [3.05, 3.63) is 41.3 Å². The summed E-state index contributed by atoms with van der Waals surface area (Å²) in [5.74, 6) is 0.564. The van der Waals surface area contributed by atoms with Gasteiger partial charge in [-0.1, -0.05) is 11.6 Å². The first-order valence-corrected chi connectivity index (χ1v) is 4.45. The summed E-state index contributed by atoms with van der Waals surface area (Å²) >= 11 is 5.93. The van der Waals surface area contributed by atoms with Gasteiger partial charge in [-0.3, -0.25) is 0 Å². The summed E-state index contributed by atoms with van der Waals surface area (Å²) in [5.41, 5.74) is 0.590. The normalized spacial score (nSPS) is 10.4. The molecule has 0 atom stereocenters. The van der Waals surface area contributed by atoms with Crippen LogP contribution in [0.5, 0.6) is 0 Å². The minimum absolute atomic E-state index is 0.0859. The molecule has 5 heteroatoms. The van der Waals surface area contributed by atoms with Gasteiger partial charge in [0.25, 0.3) is 0 Å². The van der Waals surface area contributed by atoms with Crippen molar-refractivity contribution in [1.29, 1.82) is 0 Å². The first kappa shape index (κ1) is 9.18. The van der Waals surface area contributed by atoms with Gasteiger partial charge in [-0.15, -0.1) is 0 Å². The Bertz CT molecular complexity index is 441. The molecule has 2 aromatic rings. The molecule has 0 saturated carbocycles. The second-order valence-corrected chi connectivity index (χ2v) is 3.13. The molecule has 0 saturated heterocycles. The number of hydrogen-bond acceptors (Lipinski definition) is 3.